The maximum atomic E-state index is 10.7. The molecule has 5 nitrogen and oxygen atoms in total. The van der Waals surface area contributed by atoms with Crippen LogP contribution < -0.4 is 4.90 Å². The van der Waals surface area contributed by atoms with Crippen molar-refractivity contribution in [1.29, 1.82) is 0 Å². The van der Waals surface area contributed by atoms with Gasteiger partial charge in [-0.05, 0) is 23.8 Å². The number of aromatic carboxylic acids is 1. The minimum Gasteiger partial charge on any atom is -0.478 e. The number of hydrogen-bond acceptors (Lipinski definition) is 4. The number of aromatic nitrogens is 2. The standard InChI is InChI=1S/C13H13N3O2/c1-16(9-10-3-2-6-14-7-10)12-5-4-11(8-15-12)13(17)18/h2-8H,9H2,1H3,(H,17,18). The molecule has 2 aromatic rings. The highest BCUT2D eigenvalue weighted by molar-refractivity contribution is 5.87. The van der Waals surface area contributed by atoms with Crippen LogP contribution in [-0.2, 0) is 6.54 Å². The molecule has 0 bridgehead atoms. The van der Waals surface area contributed by atoms with Crippen molar-refractivity contribution in [3.05, 3.63) is 54.0 Å². The monoisotopic (exact) mass is 243 g/mol. The van der Waals surface area contributed by atoms with Gasteiger partial charge in [0, 0.05) is 32.2 Å². The fraction of sp³-hybridized carbons (Fsp3) is 0.154. The zero-order valence-corrected chi connectivity index (χ0v) is 9.95. The van der Waals surface area contributed by atoms with Gasteiger partial charge in [0.1, 0.15) is 5.82 Å². The number of rotatable bonds is 4. The Labute approximate surface area is 105 Å². The molecule has 0 saturated carbocycles. The zero-order valence-electron chi connectivity index (χ0n) is 9.95. The van der Waals surface area contributed by atoms with E-state index in [1.165, 1.54) is 6.20 Å². The molecule has 0 aliphatic heterocycles. The third-order valence-electron chi connectivity index (χ3n) is 2.53. The molecule has 1 N–H and O–H groups in total. The lowest BCUT2D eigenvalue weighted by atomic mass is 10.2. The minimum atomic E-state index is -0.969. The molecule has 0 saturated heterocycles. The third kappa shape index (κ3) is 2.82. The summed E-state index contributed by atoms with van der Waals surface area (Å²) in [4.78, 5) is 20.8. The number of nitrogens with zero attached hydrogens (tertiary/aromatic N) is 3. The third-order valence-corrected chi connectivity index (χ3v) is 2.53. The largest absolute Gasteiger partial charge is 0.478 e. The number of anilines is 1. The highest BCUT2D eigenvalue weighted by atomic mass is 16.4. The molecule has 92 valence electrons. The summed E-state index contributed by atoms with van der Waals surface area (Å²) in [5.41, 5.74) is 1.26. The number of hydrogen-bond donors (Lipinski definition) is 1. The first kappa shape index (κ1) is 12.0. The van der Waals surface area contributed by atoms with Crippen molar-refractivity contribution >= 4 is 11.8 Å². The van der Waals surface area contributed by atoms with Gasteiger partial charge in [0.05, 0.1) is 5.56 Å². The Balaban J connectivity index is 2.09. The normalized spacial score (nSPS) is 10.1. The zero-order chi connectivity index (χ0) is 13.0. The summed E-state index contributed by atoms with van der Waals surface area (Å²) in [6.45, 7) is 0.674. The summed E-state index contributed by atoms with van der Waals surface area (Å²) in [5, 5.41) is 8.79. The average molecular weight is 243 g/mol. The topological polar surface area (TPSA) is 66.3 Å². The van der Waals surface area contributed by atoms with Crippen molar-refractivity contribution in [2.45, 2.75) is 6.54 Å². The van der Waals surface area contributed by atoms with Gasteiger partial charge in [0.15, 0.2) is 0 Å². The summed E-state index contributed by atoms with van der Waals surface area (Å²) in [6, 6.07) is 7.10. The summed E-state index contributed by atoms with van der Waals surface area (Å²) >= 11 is 0. The molecule has 0 fully saturated rings. The molecule has 5 heteroatoms. The Kier molecular flexibility index (Phi) is 3.52. The van der Waals surface area contributed by atoms with E-state index < -0.39 is 5.97 Å². The van der Waals surface area contributed by atoms with Crippen LogP contribution in [0.4, 0.5) is 5.82 Å². The molecule has 0 radical (unpaired) electrons. The van der Waals surface area contributed by atoms with Crippen LogP contribution in [0.5, 0.6) is 0 Å². The van der Waals surface area contributed by atoms with Crippen molar-refractivity contribution in [2.24, 2.45) is 0 Å². The highest BCUT2D eigenvalue weighted by Gasteiger charge is 2.06. The molecule has 2 heterocycles. The maximum absolute atomic E-state index is 10.7. The first-order valence-corrected chi connectivity index (χ1v) is 5.46. The fourth-order valence-electron chi connectivity index (χ4n) is 1.58. The molecule has 0 aliphatic rings. The second kappa shape index (κ2) is 5.27. The van der Waals surface area contributed by atoms with Crippen LogP contribution in [0.25, 0.3) is 0 Å². The van der Waals surface area contributed by atoms with Gasteiger partial charge in [0.25, 0.3) is 0 Å². The fourth-order valence-corrected chi connectivity index (χ4v) is 1.58. The van der Waals surface area contributed by atoms with Crippen LogP contribution >= 0.6 is 0 Å². The predicted octanol–water partition coefficient (Wildman–Crippen LogP) is 1.81. The van der Waals surface area contributed by atoms with E-state index in [0.717, 1.165) is 11.4 Å². The second-order valence-corrected chi connectivity index (χ2v) is 3.93. The van der Waals surface area contributed by atoms with Crippen LogP contribution in [0.1, 0.15) is 15.9 Å². The van der Waals surface area contributed by atoms with E-state index in [1.54, 1.807) is 24.5 Å². The average Bonchev–Trinajstić information content (AvgIpc) is 2.40. The van der Waals surface area contributed by atoms with Gasteiger partial charge in [-0.3, -0.25) is 4.98 Å². The van der Waals surface area contributed by atoms with Gasteiger partial charge in [-0.15, -0.1) is 0 Å². The molecule has 2 rings (SSSR count). The van der Waals surface area contributed by atoms with Gasteiger partial charge in [-0.25, -0.2) is 9.78 Å². The van der Waals surface area contributed by atoms with Crippen molar-refractivity contribution < 1.29 is 9.90 Å². The van der Waals surface area contributed by atoms with E-state index >= 15 is 0 Å². The Hall–Kier alpha value is -2.43. The predicted molar refractivity (Wildman–Crippen MR) is 67.5 cm³/mol. The van der Waals surface area contributed by atoms with Gasteiger partial charge in [-0.2, -0.15) is 0 Å². The Morgan fingerprint density at radius 2 is 2.17 bits per heavy atom. The molecule has 0 unspecified atom stereocenters. The van der Waals surface area contributed by atoms with Crippen LogP contribution in [-0.4, -0.2) is 28.1 Å². The van der Waals surface area contributed by atoms with E-state index in [0.29, 0.717) is 6.54 Å². The van der Waals surface area contributed by atoms with Crippen LogP contribution in [0.15, 0.2) is 42.9 Å². The van der Waals surface area contributed by atoms with Crippen molar-refractivity contribution in [3.8, 4) is 0 Å². The minimum absolute atomic E-state index is 0.188. The number of pyridine rings is 2. The van der Waals surface area contributed by atoms with Gasteiger partial charge in [0.2, 0.25) is 0 Å². The molecule has 2 aromatic heterocycles. The van der Waals surface area contributed by atoms with Gasteiger partial charge < -0.3 is 10.0 Å². The molecule has 0 atom stereocenters. The van der Waals surface area contributed by atoms with E-state index in [9.17, 15) is 4.79 Å². The first-order valence-electron chi connectivity index (χ1n) is 5.46. The Morgan fingerprint density at radius 1 is 1.33 bits per heavy atom. The van der Waals surface area contributed by atoms with Crippen molar-refractivity contribution in [2.75, 3.05) is 11.9 Å². The van der Waals surface area contributed by atoms with Crippen molar-refractivity contribution in [3.63, 3.8) is 0 Å². The highest BCUT2D eigenvalue weighted by Crippen LogP contribution is 2.12. The van der Waals surface area contributed by atoms with E-state index in [2.05, 4.69) is 9.97 Å². The smallest absolute Gasteiger partial charge is 0.337 e. The van der Waals surface area contributed by atoms with E-state index in [1.807, 2.05) is 24.1 Å². The summed E-state index contributed by atoms with van der Waals surface area (Å²) in [6.07, 6.45) is 4.88. The van der Waals surface area contributed by atoms with Gasteiger partial charge in [-0.1, -0.05) is 6.07 Å². The SMILES string of the molecule is CN(Cc1cccnc1)c1ccc(C(=O)O)cn1. The molecule has 18 heavy (non-hydrogen) atoms. The number of carboxylic acids is 1. The lowest BCUT2D eigenvalue weighted by Gasteiger charge is -2.17. The molecular formula is C13H13N3O2. The summed E-state index contributed by atoms with van der Waals surface area (Å²) < 4.78 is 0. The maximum Gasteiger partial charge on any atom is 0.337 e. The molecule has 0 aliphatic carbocycles. The first-order chi connectivity index (χ1) is 8.66. The Bertz CT molecular complexity index is 526. The van der Waals surface area contributed by atoms with Crippen LogP contribution in [0, 0.1) is 0 Å². The Morgan fingerprint density at radius 3 is 2.72 bits per heavy atom. The van der Waals surface area contributed by atoms with E-state index in [4.69, 9.17) is 5.11 Å². The second-order valence-electron chi connectivity index (χ2n) is 3.93. The van der Waals surface area contributed by atoms with Crippen LogP contribution in [0.3, 0.4) is 0 Å². The molecule has 0 spiro atoms. The number of carboxylic acid groups (broad SMARTS) is 1. The number of carbonyl (C=O) groups is 1. The summed E-state index contributed by atoms with van der Waals surface area (Å²) in [7, 11) is 1.90. The molecule has 0 aromatic carbocycles. The molecule has 0 amide bonds. The van der Waals surface area contributed by atoms with Crippen molar-refractivity contribution in [1.82, 2.24) is 9.97 Å². The van der Waals surface area contributed by atoms with E-state index in [-0.39, 0.29) is 5.56 Å². The molecular weight excluding hydrogens is 230 g/mol. The van der Waals surface area contributed by atoms with Crippen LogP contribution in [0.2, 0.25) is 0 Å². The lowest BCUT2D eigenvalue weighted by molar-refractivity contribution is 0.0696. The quantitative estimate of drug-likeness (QED) is 0.887. The summed E-state index contributed by atoms with van der Waals surface area (Å²) in [5.74, 6) is -0.243. The lowest BCUT2D eigenvalue weighted by Crippen LogP contribution is -2.17. The van der Waals surface area contributed by atoms with Gasteiger partial charge >= 0.3 is 5.97 Å².